The Hall–Kier alpha value is -3.98. The number of allylic oxidation sites excluding steroid dienone is 2. The van der Waals surface area contributed by atoms with Gasteiger partial charge in [0.05, 0.1) is 22.3 Å². The molecule has 0 bridgehead atoms. The number of unbranched alkanes of at least 4 members (excludes halogenated alkanes) is 2. The summed E-state index contributed by atoms with van der Waals surface area (Å²) in [7, 11) is 0. The first-order valence-electron chi connectivity index (χ1n) is 10.6. The van der Waals surface area contributed by atoms with Crippen molar-refractivity contribution in [1.29, 1.82) is 0 Å². The van der Waals surface area contributed by atoms with Gasteiger partial charge in [0.15, 0.2) is 0 Å². The first kappa shape index (κ1) is 21.3. The number of hydrogen-bond donors (Lipinski definition) is 0. The number of fused-ring (bicyclic) bond motifs is 2. The van der Waals surface area contributed by atoms with E-state index in [1.54, 1.807) is 54.6 Å². The summed E-state index contributed by atoms with van der Waals surface area (Å²) in [5, 5.41) is 0. The Morgan fingerprint density at radius 1 is 0.656 bits per heavy atom. The standard InChI is InChI=1S/C26H22N2O4/c29-23-19-13-7-8-14-20(19)24(30)27(23)17-11-5-3-1-2-4-6-12-18-28-25(31)21-15-9-10-16-22(21)26(28)32/h1,3,7-10,13-16H,5-6,11-12,17-18H2/b3-1+. The third-order valence-corrected chi connectivity index (χ3v) is 5.50. The van der Waals surface area contributed by atoms with Crippen molar-refractivity contribution < 1.29 is 19.2 Å². The van der Waals surface area contributed by atoms with Crippen LogP contribution in [0.2, 0.25) is 0 Å². The number of amides is 4. The highest BCUT2D eigenvalue weighted by Gasteiger charge is 2.35. The highest BCUT2D eigenvalue weighted by Crippen LogP contribution is 2.23. The lowest BCUT2D eigenvalue weighted by molar-refractivity contribution is 0.0637. The molecule has 2 aliphatic heterocycles. The predicted octanol–water partition coefficient (Wildman–Crippen LogP) is 3.70. The van der Waals surface area contributed by atoms with E-state index in [1.807, 2.05) is 6.08 Å². The molecular formula is C26H22N2O4. The number of benzene rings is 2. The second-order valence-corrected chi connectivity index (χ2v) is 7.58. The van der Waals surface area contributed by atoms with Gasteiger partial charge >= 0.3 is 0 Å². The van der Waals surface area contributed by atoms with Gasteiger partial charge in [0.1, 0.15) is 0 Å². The molecule has 0 saturated carbocycles. The van der Waals surface area contributed by atoms with E-state index in [1.165, 1.54) is 9.80 Å². The van der Waals surface area contributed by atoms with Gasteiger partial charge in [0, 0.05) is 19.5 Å². The second-order valence-electron chi connectivity index (χ2n) is 7.58. The minimum Gasteiger partial charge on any atom is -0.274 e. The van der Waals surface area contributed by atoms with E-state index in [0.717, 1.165) is 0 Å². The maximum atomic E-state index is 12.3. The van der Waals surface area contributed by atoms with Crippen LogP contribution in [0.15, 0.2) is 60.7 Å². The zero-order chi connectivity index (χ0) is 22.5. The minimum atomic E-state index is -0.239. The average Bonchev–Trinajstić information content (AvgIpc) is 3.20. The van der Waals surface area contributed by atoms with Crippen molar-refractivity contribution >= 4 is 23.6 Å². The molecule has 0 fully saturated rings. The molecule has 2 heterocycles. The summed E-state index contributed by atoms with van der Waals surface area (Å²) in [5.41, 5.74) is 1.88. The number of hydrogen-bond acceptors (Lipinski definition) is 4. The van der Waals surface area contributed by atoms with Gasteiger partial charge in [-0.2, -0.15) is 0 Å². The Balaban J connectivity index is 1.15. The van der Waals surface area contributed by atoms with E-state index in [-0.39, 0.29) is 23.6 Å². The van der Waals surface area contributed by atoms with E-state index in [9.17, 15) is 19.2 Å². The van der Waals surface area contributed by atoms with Crippen LogP contribution in [0.3, 0.4) is 0 Å². The summed E-state index contributed by atoms with van der Waals surface area (Å²) in [6, 6.07) is 13.7. The Bertz CT molecular complexity index is 1120. The summed E-state index contributed by atoms with van der Waals surface area (Å²) in [5.74, 6) is 5.02. The average molecular weight is 426 g/mol. The van der Waals surface area contributed by atoms with Gasteiger partial charge in [-0.15, -0.1) is 0 Å². The van der Waals surface area contributed by atoms with E-state index < -0.39 is 0 Å². The van der Waals surface area contributed by atoms with Gasteiger partial charge in [-0.3, -0.25) is 29.0 Å². The van der Waals surface area contributed by atoms with E-state index in [0.29, 0.717) is 61.0 Å². The van der Waals surface area contributed by atoms with Crippen LogP contribution in [0.25, 0.3) is 0 Å². The van der Waals surface area contributed by atoms with Crippen LogP contribution in [0.4, 0.5) is 0 Å². The van der Waals surface area contributed by atoms with Crippen molar-refractivity contribution in [1.82, 2.24) is 9.80 Å². The van der Waals surface area contributed by atoms with Crippen LogP contribution in [-0.2, 0) is 0 Å². The van der Waals surface area contributed by atoms with Crippen molar-refractivity contribution in [3.8, 4) is 11.8 Å². The summed E-state index contributed by atoms with van der Waals surface area (Å²) < 4.78 is 0. The normalized spacial score (nSPS) is 14.8. The van der Waals surface area contributed by atoms with Crippen molar-refractivity contribution in [2.75, 3.05) is 13.1 Å². The van der Waals surface area contributed by atoms with Crippen LogP contribution in [-0.4, -0.2) is 46.5 Å². The third-order valence-electron chi connectivity index (χ3n) is 5.50. The van der Waals surface area contributed by atoms with Crippen molar-refractivity contribution in [2.45, 2.75) is 25.7 Å². The molecule has 0 N–H and O–H groups in total. The Labute approximate surface area is 186 Å². The monoisotopic (exact) mass is 426 g/mol. The quantitative estimate of drug-likeness (QED) is 0.384. The molecular weight excluding hydrogens is 404 g/mol. The molecule has 0 aliphatic carbocycles. The molecule has 2 aliphatic rings. The summed E-state index contributed by atoms with van der Waals surface area (Å²) in [6.07, 6.45) is 6.24. The molecule has 0 atom stereocenters. The number of imide groups is 2. The van der Waals surface area contributed by atoms with Crippen molar-refractivity contribution in [2.24, 2.45) is 0 Å². The highest BCUT2D eigenvalue weighted by atomic mass is 16.2. The predicted molar refractivity (Wildman–Crippen MR) is 119 cm³/mol. The molecule has 0 spiro atoms. The van der Waals surface area contributed by atoms with E-state index in [4.69, 9.17) is 0 Å². The number of carbonyl (C=O) groups excluding carboxylic acids is 4. The molecule has 0 saturated heterocycles. The fraction of sp³-hybridized carbons (Fsp3) is 0.231. The summed E-state index contributed by atoms with van der Waals surface area (Å²) in [6.45, 7) is 0.732. The zero-order valence-electron chi connectivity index (χ0n) is 17.5. The first-order valence-corrected chi connectivity index (χ1v) is 10.6. The van der Waals surface area contributed by atoms with Crippen molar-refractivity contribution in [3.63, 3.8) is 0 Å². The van der Waals surface area contributed by atoms with Crippen molar-refractivity contribution in [3.05, 3.63) is 82.9 Å². The molecule has 6 heteroatoms. The molecule has 0 aromatic heterocycles. The second kappa shape index (κ2) is 9.44. The SMILES string of the molecule is O=C1c2ccccc2C(=O)N1CCCC#C/C=C/CCCN1C(=O)c2ccccc2C1=O. The van der Waals surface area contributed by atoms with Crippen LogP contribution < -0.4 is 0 Å². The van der Waals surface area contributed by atoms with Gasteiger partial charge in [0.2, 0.25) is 0 Å². The van der Waals surface area contributed by atoms with E-state index >= 15 is 0 Å². The number of rotatable bonds is 7. The fourth-order valence-electron chi connectivity index (χ4n) is 3.85. The maximum absolute atomic E-state index is 12.3. The smallest absolute Gasteiger partial charge is 0.261 e. The molecule has 32 heavy (non-hydrogen) atoms. The van der Waals surface area contributed by atoms with E-state index in [2.05, 4.69) is 11.8 Å². The molecule has 2 aromatic rings. The molecule has 0 radical (unpaired) electrons. The van der Waals surface area contributed by atoms with Crippen LogP contribution in [0.5, 0.6) is 0 Å². The molecule has 2 aromatic carbocycles. The Morgan fingerprint density at radius 2 is 1.09 bits per heavy atom. The molecule has 6 nitrogen and oxygen atoms in total. The van der Waals surface area contributed by atoms with Gasteiger partial charge in [-0.1, -0.05) is 42.2 Å². The van der Waals surface area contributed by atoms with Crippen LogP contribution in [0.1, 0.15) is 67.1 Å². The largest absolute Gasteiger partial charge is 0.274 e. The molecule has 0 unspecified atom stereocenters. The minimum absolute atomic E-state index is 0.229. The molecule has 160 valence electrons. The zero-order valence-corrected chi connectivity index (χ0v) is 17.5. The van der Waals surface area contributed by atoms with Gasteiger partial charge in [0.25, 0.3) is 23.6 Å². The van der Waals surface area contributed by atoms with Gasteiger partial charge in [-0.25, -0.2) is 0 Å². The lowest BCUT2D eigenvalue weighted by atomic mass is 10.1. The Morgan fingerprint density at radius 3 is 1.56 bits per heavy atom. The Kier molecular flexibility index (Phi) is 6.27. The first-order chi connectivity index (χ1) is 15.6. The van der Waals surface area contributed by atoms with Gasteiger partial charge < -0.3 is 0 Å². The molecule has 4 rings (SSSR count). The number of nitrogens with zero attached hydrogens (tertiary/aromatic N) is 2. The lowest BCUT2D eigenvalue weighted by Crippen LogP contribution is -2.30. The topological polar surface area (TPSA) is 74.8 Å². The summed E-state index contributed by atoms with van der Waals surface area (Å²) >= 11 is 0. The lowest BCUT2D eigenvalue weighted by Gasteiger charge is -2.12. The maximum Gasteiger partial charge on any atom is 0.261 e. The van der Waals surface area contributed by atoms with Crippen LogP contribution >= 0.6 is 0 Å². The number of carbonyl (C=O) groups is 4. The highest BCUT2D eigenvalue weighted by molar-refractivity contribution is 6.22. The van der Waals surface area contributed by atoms with Crippen LogP contribution in [0, 0.1) is 11.8 Å². The third kappa shape index (κ3) is 4.10. The fourth-order valence-corrected chi connectivity index (χ4v) is 3.85. The van der Waals surface area contributed by atoms with Gasteiger partial charge in [-0.05, 0) is 49.6 Å². The molecule has 4 amide bonds. The summed E-state index contributed by atoms with van der Waals surface area (Å²) in [4.78, 5) is 51.7.